The summed E-state index contributed by atoms with van der Waals surface area (Å²) in [5, 5.41) is 7.76. The summed E-state index contributed by atoms with van der Waals surface area (Å²) >= 11 is 0. The standard InChI is InChI=1S/C25H26N4O2/c1-16(2)15-26-25(30)20-14-21(19-12-8-9-13-22(19)31-4)29-24(27-20)23(17(3)28-29)18-10-6-5-7-11-18/h5-14,16H,15H2,1-4H3,(H,26,30). The number of rotatable bonds is 6. The highest BCUT2D eigenvalue weighted by molar-refractivity contribution is 5.95. The minimum Gasteiger partial charge on any atom is -0.496 e. The van der Waals surface area contributed by atoms with E-state index in [1.807, 2.05) is 61.5 Å². The molecule has 1 amide bonds. The minimum absolute atomic E-state index is 0.204. The number of hydrogen-bond acceptors (Lipinski definition) is 4. The van der Waals surface area contributed by atoms with Gasteiger partial charge >= 0.3 is 0 Å². The average Bonchev–Trinajstić information content (AvgIpc) is 3.13. The van der Waals surface area contributed by atoms with E-state index in [1.165, 1.54) is 0 Å². The molecule has 31 heavy (non-hydrogen) atoms. The van der Waals surface area contributed by atoms with Gasteiger partial charge < -0.3 is 10.1 Å². The molecule has 0 aliphatic heterocycles. The second-order valence-corrected chi connectivity index (χ2v) is 7.89. The van der Waals surface area contributed by atoms with Gasteiger partial charge in [0.25, 0.3) is 5.91 Å². The summed E-state index contributed by atoms with van der Waals surface area (Å²) in [5.74, 6) is 0.849. The summed E-state index contributed by atoms with van der Waals surface area (Å²) in [5.41, 5.74) is 5.35. The van der Waals surface area contributed by atoms with E-state index in [0.717, 1.165) is 28.1 Å². The first-order valence-electron chi connectivity index (χ1n) is 10.4. The summed E-state index contributed by atoms with van der Waals surface area (Å²) < 4.78 is 7.39. The zero-order chi connectivity index (χ0) is 22.0. The van der Waals surface area contributed by atoms with Crippen LogP contribution in [0.4, 0.5) is 0 Å². The van der Waals surface area contributed by atoms with Crippen LogP contribution in [0.5, 0.6) is 5.75 Å². The van der Waals surface area contributed by atoms with Gasteiger partial charge in [0, 0.05) is 17.7 Å². The molecule has 2 heterocycles. The number of aromatic nitrogens is 3. The van der Waals surface area contributed by atoms with E-state index < -0.39 is 0 Å². The average molecular weight is 415 g/mol. The molecule has 0 saturated carbocycles. The van der Waals surface area contributed by atoms with Crippen LogP contribution in [0.25, 0.3) is 28.0 Å². The lowest BCUT2D eigenvalue weighted by molar-refractivity contribution is 0.0944. The van der Waals surface area contributed by atoms with Gasteiger partial charge in [0.05, 0.1) is 18.5 Å². The van der Waals surface area contributed by atoms with Crippen LogP contribution in [0.2, 0.25) is 0 Å². The van der Waals surface area contributed by atoms with Gasteiger partial charge in [0.15, 0.2) is 5.65 Å². The number of fused-ring (bicyclic) bond motifs is 1. The van der Waals surface area contributed by atoms with Crippen molar-refractivity contribution in [3.05, 3.63) is 72.1 Å². The fraction of sp³-hybridized carbons (Fsp3) is 0.240. The van der Waals surface area contributed by atoms with Crippen LogP contribution < -0.4 is 10.1 Å². The third-order valence-electron chi connectivity index (χ3n) is 5.11. The van der Waals surface area contributed by atoms with Crippen LogP contribution >= 0.6 is 0 Å². The molecule has 0 bridgehead atoms. The number of ether oxygens (including phenoxy) is 1. The molecule has 0 saturated heterocycles. The molecule has 6 heteroatoms. The normalized spacial score (nSPS) is 11.1. The van der Waals surface area contributed by atoms with Gasteiger partial charge in [-0.05, 0) is 36.6 Å². The largest absolute Gasteiger partial charge is 0.496 e. The predicted octanol–water partition coefficient (Wildman–Crippen LogP) is 4.77. The molecule has 4 aromatic rings. The van der Waals surface area contributed by atoms with E-state index in [4.69, 9.17) is 14.8 Å². The van der Waals surface area contributed by atoms with Gasteiger partial charge in [-0.25, -0.2) is 9.50 Å². The molecule has 2 aromatic carbocycles. The van der Waals surface area contributed by atoms with E-state index in [9.17, 15) is 4.79 Å². The van der Waals surface area contributed by atoms with E-state index in [0.29, 0.717) is 29.6 Å². The highest BCUT2D eigenvalue weighted by Gasteiger charge is 2.21. The predicted molar refractivity (Wildman–Crippen MR) is 122 cm³/mol. The fourth-order valence-corrected chi connectivity index (χ4v) is 3.62. The first kappa shape index (κ1) is 20.6. The monoisotopic (exact) mass is 414 g/mol. The molecule has 0 aliphatic rings. The van der Waals surface area contributed by atoms with Crippen LogP contribution in [0, 0.1) is 12.8 Å². The second-order valence-electron chi connectivity index (χ2n) is 7.89. The number of aryl methyl sites for hydroxylation is 1. The maximum absolute atomic E-state index is 13.0. The lowest BCUT2D eigenvalue weighted by Gasteiger charge is -2.13. The Morgan fingerprint density at radius 1 is 1.10 bits per heavy atom. The van der Waals surface area contributed by atoms with E-state index >= 15 is 0 Å². The molecular weight excluding hydrogens is 388 g/mol. The molecular formula is C25H26N4O2. The Kier molecular flexibility index (Phi) is 5.71. The Morgan fingerprint density at radius 3 is 2.52 bits per heavy atom. The van der Waals surface area contributed by atoms with Gasteiger partial charge in [0.2, 0.25) is 0 Å². The maximum atomic E-state index is 13.0. The number of nitrogens with zero attached hydrogens (tertiary/aromatic N) is 3. The number of benzene rings is 2. The van der Waals surface area contributed by atoms with Crippen molar-refractivity contribution in [3.8, 4) is 28.1 Å². The van der Waals surface area contributed by atoms with Crippen molar-refractivity contribution in [1.82, 2.24) is 19.9 Å². The van der Waals surface area contributed by atoms with Crippen molar-refractivity contribution < 1.29 is 9.53 Å². The molecule has 1 N–H and O–H groups in total. The molecule has 0 atom stereocenters. The smallest absolute Gasteiger partial charge is 0.270 e. The number of carbonyl (C=O) groups excluding carboxylic acids is 1. The molecule has 4 rings (SSSR count). The van der Waals surface area contributed by atoms with Crippen molar-refractivity contribution in [1.29, 1.82) is 0 Å². The van der Waals surface area contributed by atoms with Crippen molar-refractivity contribution in [2.45, 2.75) is 20.8 Å². The molecule has 0 fully saturated rings. The van der Waals surface area contributed by atoms with Gasteiger partial charge in [-0.2, -0.15) is 5.10 Å². The molecule has 158 valence electrons. The first-order valence-corrected chi connectivity index (χ1v) is 10.4. The first-order chi connectivity index (χ1) is 15.0. The summed E-state index contributed by atoms with van der Waals surface area (Å²) in [7, 11) is 1.64. The van der Waals surface area contributed by atoms with Gasteiger partial charge in [-0.3, -0.25) is 4.79 Å². The van der Waals surface area contributed by atoms with Crippen LogP contribution in [-0.2, 0) is 0 Å². The van der Waals surface area contributed by atoms with Crippen LogP contribution in [0.15, 0.2) is 60.7 Å². The summed E-state index contributed by atoms with van der Waals surface area (Å²) in [6, 6.07) is 19.5. The SMILES string of the molecule is COc1ccccc1-c1cc(C(=O)NCC(C)C)nc2c(-c3ccccc3)c(C)nn12. The fourth-order valence-electron chi connectivity index (χ4n) is 3.62. The van der Waals surface area contributed by atoms with Crippen molar-refractivity contribution >= 4 is 11.6 Å². The van der Waals surface area contributed by atoms with Gasteiger partial charge in [0.1, 0.15) is 11.4 Å². The zero-order valence-electron chi connectivity index (χ0n) is 18.2. The third-order valence-corrected chi connectivity index (χ3v) is 5.11. The second kappa shape index (κ2) is 8.60. The number of hydrogen-bond donors (Lipinski definition) is 1. The topological polar surface area (TPSA) is 68.5 Å². The van der Waals surface area contributed by atoms with Crippen LogP contribution in [-0.4, -0.2) is 34.2 Å². The Labute approximate surface area is 181 Å². The number of amides is 1. The van der Waals surface area contributed by atoms with Crippen LogP contribution in [0.3, 0.4) is 0 Å². The highest BCUT2D eigenvalue weighted by Crippen LogP contribution is 2.34. The highest BCUT2D eigenvalue weighted by atomic mass is 16.5. The van der Waals surface area contributed by atoms with Gasteiger partial charge in [-0.1, -0.05) is 56.3 Å². The lowest BCUT2D eigenvalue weighted by Crippen LogP contribution is -2.28. The molecule has 0 unspecified atom stereocenters. The van der Waals surface area contributed by atoms with Crippen molar-refractivity contribution in [2.75, 3.05) is 13.7 Å². The van der Waals surface area contributed by atoms with Gasteiger partial charge in [-0.15, -0.1) is 0 Å². The Balaban J connectivity index is 1.98. The Bertz CT molecular complexity index is 1230. The zero-order valence-corrected chi connectivity index (χ0v) is 18.2. The number of methoxy groups -OCH3 is 1. The molecule has 6 nitrogen and oxygen atoms in total. The third kappa shape index (κ3) is 4.01. The summed E-state index contributed by atoms with van der Waals surface area (Å²) in [6.07, 6.45) is 0. The minimum atomic E-state index is -0.204. The quantitative estimate of drug-likeness (QED) is 0.494. The molecule has 0 spiro atoms. The summed E-state index contributed by atoms with van der Waals surface area (Å²) in [4.78, 5) is 17.7. The number of nitrogens with one attached hydrogen (secondary N) is 1. The van der Waals surface area contributed by atoms with Crippen molar-refractivity contribution in [3.63, 3.8) is 0 Å². The molecule has 0 aliphatic carbocycles. The lowest BCUT2D eigenvalue weighted by atomic mass is 10.1. The Morgan fingerprint density at radius 2 is 1.81 bits per heavy atom. The number of para-hydroxylation sites is 1. The maximum Gasteiger partial charge on any atom is 0.270 e. The number of carbonyl (C=O) groups is 1. The van der Waals surface area contributed by atoms with E-state index in [2.05, 4.69) is 19.2 Å². The van der Waals surface area contributed by atoms with Crippen molar-refractivity contribution in [2.24, 2.45) is 5.92 Å². The molecule has 0 radical (unpaired) electrons. The van der Waals surface area contributed by atoms with E-state index in [-0.39, 0.29) is 5.91 Å². The summed E-state index contributed by atoms with van der Waals surface area (Å²) in [6.45, 7) is 6.66. The Hall–Kier alpha value is -3.67. The molecule has 2 aromatic heterocycles. The van der Waals surface area contributed by atoms with Crippen LogP contribution in [0.1, 0.15) is 30.0 Å². The van der Waals surface area contributed by atoms with E-state index in [1.54, 1.807) is 17.7 Å².